The van der Waals surface area contributed by atoms with E-state index in [0.717, 1.165) is 19.5 Å². The number of nitrogens with zero attached hydrogens (tertiary/aromatic N) is 2. The molecule has 15 heavy (non-hydrogen) atoms. The van der Waals surface area contributed by atoms with Crippen molar-refractivity contribution in [1.82, 2.24) is 15.4 Å². The minimum atomic E-state index is -0.146. The van der Waals surface area contributed by atoms with E-state index in [2.05, 4.69) is 15.4 Å². The van der Waals surface area contributed by atoms with E-state index in [0.29, 0.717) is 11.5 Å². The third kappa shape index (κ3) is 2.36. The van der Waals surface area contributed by atoms with Crippen LogP contribution in [-0.2, 0) is 0 Å². The van der Waals surface area contributed by atoms with Crippen LogP contribution in [0.2, 0.25) is 0 Å². The lowest BCUT2D eigenvalue weighted by molar-refractivity contribution is 0.0929. The molecule has 1 saturated heterocycles. The van der Waals surface area contributed by atoms with Crippen LogP contribution in [0.15, 0.2) is 10.6 Å². The largest absolute Gasteiger partial charge is 0.361 e. The zero-order valence-corrected chi connectivity index (χ0v) is 8.99. The Hall–Kier alpha value is -1.36. The first-order chi connectivity index (χ1) is 7.15. The number of hydrogen-bond acceptors (Lipinski definition) is 4. The first-order valence-electron chi connectivity index (χ1n) is 5.08. The number of likely N-dealkylation sites (N-methyl/N-ethyl adjacent to an activating group) is 1. The highest BCUT2D eigenvalue weighted by molar-refractivity contribution is 5.92. The maximum Gasteiger partial charge on any atom is 0.273 e. The molecule has 0 saturated carbocycles. The average Bonchev–Trinajstić information content (AvgIpc) is 2.75. The van der Waals surface area contributed by atoms with Crippen LogP contribution in [0.4, 0.5) is 0 Å². The van der Waals surface area contributed by atoms with Gasteiger partial charge >= 0.3 is 0 Å². The van der Waals surface area contributed by atoms with Gasteiger partial charge in [-0.3, -0.25) is 4.79 Å². The molecule has 0 radical (unpaired) electrons. The van der Waals surface area contributed by atoms with Crippen molar-refractivity contribution in [2.45, 2.75) is 19.4 Å². The van der Waals surface area contributed by atoms with E-state index in [-0.39, 0.29) is 11.9 Å². The Balaban J connectivity index is 1.92. The summed E-state index contributed by atoms with van der Waals surface area (Å²) >= 11 is 0. The fourth-order valence-electron chi connectivity index (χ4n) is 1.79. The molecule has 5 heteroatoms. The first kappa shape index (κ1) is 10.2. The lowest BCUT2D eigenvalue weighted by Gasteiger charge is -2.11. The molecule has 1 N–H and O–H groups in total. The zero-order valence-electron chi connectivity index (χ0n) is 8.99. The van der Waals surface area contributed by atoms with Crippen LogP contribution in [-0.4, -0.2) is 42.1 Å². The summed E-state index contributed by atoms with van der Waals surface area (Å²) in [6.07, 6.45) is 0.999. The molecule has 82 valence electrons. The molecular weight excluding hydrogens is 194 g/mol. The van der Waals surface area contributed by atoms with Crippen molar-refractivity contribution >= 4 is 5.91 Å². The van der Waals surface area contributed by atoms with Gasteiger partial charge in [0.25, 0.3) is 5.91 Å². The van der Waals surface area contributed by atoms with Gasteiger partial charge in [-0.1, -0.05) is 5.16 Å². The Morgan fingerprint density at radius 2 is 2.53 bits per heavy atom. The summed E-state index contributed by atoms with van der Waals surface area (Å²) in [5.74, 6) is 0.510. The summed E-state index contributed by atoms with van der Waals surface area (Å²) in [5.41, 5.74) is 0.363. The van der Waals surface area contributed by atoms with Gasteiger partial charge < -0.3 is 14.7 Å². The van der Waals surface area contributed by atoms with Crippen LogP contribution in [0.3, 0.4) is 0 Å². The maximum atomic E-state index is 11.7. The Morgan fingerprint density at radius 3 is 3.07 bits per heavy atom. The van der Waals surface area contributed by atoms with Gasteiger partial charge in [-0.05, 0) is 26.9 Å². The van der Waals surface area contributed by atoms with E-state index in [4.69, 9.17) is 4.52 Å². The Kier molecular flexibility index (Phi) is 2.73. The molecule has 1 aliphatic rings. The first-order valence-corrected chi connectivity index (χ1v) is 5.08. The number of aromatic nitrogens is 1. The van der Waals surface area contributed by atoms with E-state index >= 15 is 0 Å². The van der Waals surface area contributed by atoms with Crippen LogP contribution in [0.1, 0.15) is 22.7 Å². The van der Waals surface area contributed by atoms with E-state index in [1.165, 1.54) is 0 Å². The lowest BCUT2D eigenvalue weighted by atomic mass is 10.2. The molecule has 2 heterocycles. The van der Waals surface area contributed by atoms with Crippen molar-refractivity contribution in [2.24, 2.45) is 0 Å². The van der Waals surface area contributed by atoms with Crippen molar-refractivity contribution in [3.8, 4) is 0 Å². The molecule has 1 aromatic rings. The second-order valence-corrected chi connectivity index (χ2v) is 4.04. The predicted molar refractivity (Wildman–Crippen MR) is 54.6 cm³/mol. The van der Waals surface area contributed by atoms with E-state index in [1.807, 2.05) is 7.05 Å². The van der Waals surface area contributed by atoms with Crippen molar-refractivity contribution < 1.29 is 9.32 Å². The predicted octanol–water partition coefficient (Wildman–Crippen LogP) is 0.417. The summed E-state index contributed by atoms with van der Waals surface area (Å²) < 4.78 is 4.85. The second kappa shape index (κ2) is 4.02. The molecule has 1 atom stereocenters. The minimum absolute atomic E-state index is 0.146. The second-order valence-electron chi connectivity index (χ2n) is 4.04. The quantitative estimate of drug-likeness (QED) is 0.766. The average molecular weight is 209 g/mol. The highest BCUT2D eigenvalue weighted by atomic mass is 16.5. The van der Waals surface area contributed by atoms with Crippen LogP contribution < -0.4 is 5.32 Å². The van der Waals surface area contributed by atoms with Gasteiger partial charge in [-0.25, -0.2) is 0 Å². The number of carbonyl (C=O) groups excluding carboxylic acids is 1. The van der Waals surface area contributed by atoms with E-state index in [1.54, 1.807) is 13.0 Å². The molecule has 5 nitrogen and oxygen atoms in total. The van der Waals surface area contributed by atoms with Gasteiger partial charge in [-0.2, -0.15) is 0 Å². The maximum absolute atomic E-state index is 11.7. The standard InChI is InChI=1S/C10H15N3O2/c1-7-5-9(12-15-7)10(14)11-8-3-4-13(2)6-8/h5,8H,3-4,6H2,1-2H3,(H,11,14). The van der Waals surface area contributed by atoms with Gasteiger partial charge in [0, 0.05) is 18.7 Å². The topological polar surface area (TPSA) is 58.4 Å². The van der Waals surface area contributed by atoms with Crippen LogP contribution >= 0.6 is 0 Å². The van der Waals surface area contributed by atoms with Crippen LogP contribution in [0.5, 0.6) is 0 Å². The Morgan fingerprint density at radius 1 is 1.73 bits per heavy atom. The SMILES string of the molecule is Cc1cc(C(=O)NC2CCN(C)C2)no1. The van der Waals surface area contributed by atoms with Gasteiger partial charge in [0.2, 0.25) is 0 Å². The zero-order chi connectivity index (χ0) is 10.8. The Bertz CT molecular complexity index is 361. The molecule has 1 aliphatic heterocycles. The molecule has 1 amide bonds. The van der Waals surface area contributed by atoms with Gasteiger partial charge in [0.1, 0.15) is 5.76 Å². The number of amides is 1. The third-order valence-corrected chi connectivity index (χ3v) is 2.59. The summed E-state index contributed by atoms with van der Waals surface area (Å²) in [6.45, 7) is 3.71. The summed E-state index contributed by atoms with van der Waals surface area (Å²) in [6, 6.07) is 1.88. The summed E-state index contributed by atoms with van der Waals surface area (Å²) in [4.78, 5) is 13.9. The highest BCUT2D eigenvalue weighted by Crippen LogP contribution is 2.08. The normalized spacial score (nSPS) is 21.9. The number of nitrogens with one attached hydrogen (secondary N) is 1. The molecular formula is C10H15N3O2. The van der Waals surface area contributed by atoms with Crippen molar-refractivity contribution in [3.63, 3.8) is 0 Å². The lowest BCUT2D eigenvalue weighted by Crippen LogP contribution is -2.36. The number of likely N-dealkylation sites (tertiary alicyclic amines) is 1. The molecule has 0 spiro atoms. The van der Waals surface area contributed by atoms with E-state index < -0.39 is 0 Å². The van der Waals surface area contributed by atoms with Crippen molar-refractivity contribution in [3.05, 3.63) is 17.5 Å². The van der Waals surface area contributed by atoms with Crippen LogP contribution in [0, 0.1) is 6.92 Å². The number of rotatable bonds is 2. The van der Waals surface area contributed by atoms with Gasteiger partial charge in [-0.15, -0.1) is 0 Å². The number of carbonyl (C=O) groups is 1. The van der Waals surface area contributed by atoms with Gasteiger partial charge in [0.05, 0.1) is 0 Å². The third-order valence-electron chi connectivity index (χ3n) is 2.59. The minimum Gasteiger partial charge on any atom is -0.361 e. The molecule has 1 aromatic heterocycles. The molecule has 1 unspecified atom stereocenters. The molecule has 0 bridgehead atoms. The van der Waals surface area contributed by atoms with Crippen molar-refractivity contribution in [1.29, 1.82) is 0 Å². The summed E-state index contributed by atoms with van der Waals surface area (Å²) in [7, 11) is 2.05. The Labute approximate surface area is 88.4 Å². The fraction of sp³-hybridized carbons (Fsp3) is 0.600. The fourth-order valence-corrected chi connectivity index (χ4v) is 1.79. The number of hydrogen-bond donors (Lipinski definition) is 1. The van der Waals surface area contributed by atoms with Crippen LogP contribution in [0.25, 0.3) is 0 Å². The summed E-state index contributed by atoms with van der Waals surface area (Å²) in [5, 5.41) is 6.61. The van der Waals surface area contributed by atoms with Crippen molar-refractivity contribution in [2.75, 3.05) is 20.1 Å². The molecule has 0 aliphatic carbocycles. The number of aryl methyl sites for hydroxylation is 1. The highest BCUT2D eigenvalue weighted by Gasteiger charge is 2.22. The molecule has 0 aromatic carbocycles. The molecule has 1 fully saturated rings. The van der Waals surface area contributed by atoms with E-state index in [9.17, 15) is 4.79 Å². The molecule has 2 rings (SSSR count). The monoisotopic (exact) mass is 209 g/mol. The smallest absolute Gasteiger partial charge is 0.273 e. The van der Waals surface area contributed by atoms with Gasteiger partial charge in [0.15, 0.2) is 5.69 Å².